The van der Waals surface area contributed by atoms with Crippen LogP contribution in [0.5, 0.6) is 0 Å². The van der Waals surface area contributed by atoms with E-state index in [9.17, 15) is 4.79 Å². The number of carbonyl (C=O) groups excluding carboxylic acids is 1. The van der Waals surface area contributed by atoms with Gasteiger partial charge in [-0.25, -0.2) is 4.79 Å². The highest BCUT2D eigenvalue weighted by Gasteiger charge is 2.42. The molecule has 2 rings (SSSR count). The standard InChI is InChI=1S/C14H18O4/c1-13(2)17-10-14(3,18-13)9-16-12(15)11-7-5-4-6-8-11/h4-8H,9-10H2,1-3H3/t14-/m1/s1. The lowest BCUT2D eigenvalue weighted by atomic mass is 10.1. The Labute approximate surface area is 107 Å². The van der Waals surface area contributed by atoms with E-state index in [2.05, 4.69) is 0 Å². The maximum absolute atomic E-state index is 11.8. The van der Waals surface area contributed by atoms with Gasteiger partial charge >= 0.3 is 5.97 Å². The number of rotatable bonds is 3. The minimum absolute atomic E-state index is 0.185. The van der Waals surface area contributed by atoms with Gasteiger partial charge in [0.05, 0.1) is 12.2 Å². The Hall–Kier alpha value is -1.39. The van der Waals surface area contributed by atoms with E-state index in [0.717, 1.165) is 0 Å². The van der Waals surface area contributed by atoms with Crippen LogP contribution >= 0.6 is 0 Å². The van der Waals surface area contributed by atoms with Gasteiger partial charge in [0.25, 0.3) is 0 Å². The first kappa shape index (κ1) is 13.1. The molecule has 1 aliphatic rings. The summed E-state index contributed by atoms with van der Waals surface area (Å²) < 4.78 is 16.5. The number of esters is 1. The summed E-state index contributed by atoms with van der Waals surface area (Å²) in [6.45, 7) is 6.17. The maximum atomic E-state index is 11.8. The molecule has 0 amide bonds. The SMILES string of the molecule is CC1(C)OC[C@@](C)(COC(=O)c2ccccc2)O1. The zero-order valence-corrected chi connectivity index (χ0v) is 10.9. The lowest BCUT2D eigenvalue weighted by Crippen LogP contribution is -2.36. The molecule has 0 unspecified atom stereocenters. The van der Waals surface area contributed by atoms with Crippen molar-refractivity contribution < 1.29 is 19.0 Å². The van der Waals surface area contributed by atoms with Crippen molar-refractivity contribution in [2.45, 2.75) is 32.2 Å². The fraction of sp³-hybridized carbons (Fsp3) is 0.500. The van der Waals surface area contributed by atoms with E-state index in [1.54, 1.807) is 24.3 Å². The first-order chi connectivity index (χ1) is 8.40. The predicted octanol–water partition coefficient (Wildman–Crippen LogP) is 2.39. The van der Waals surface area contributed by atoms with Crippen LogP contribution in [0.15, 0.2) is 30.3 Å². The summed E-state index contributed by atoms with van der Waals surface area (Å²) in [5.41, 5.74) is -0.0345. The van der Waals surface area contributed by atoms with Crippen LogP contribution < -0.4 is 0 Å². The average molecular weight is 250 g/mol. The topological polar surface area (TPSA) is 44.8 Å². The zero-order valence-electron chi connectivity index (χ0n) is 10.9. The summed E-state index contributed by atoms with van der Waals surface area (Å²) in [7, 11) is 0. The van der Waals surface area contributed by atoms with Crippen LogP contribution in [0.4, 0.5) is 0 Å². The third-order valence-corrected chi connectivity index (χ3v) is 2.74. The van der Waals surface area contributed by atoms with Crippen LogP contribution in [0.2, 0.25) is 0 Å². The average Bonchev–Trinajstić information content (AvgIpc) is 2.62. The quantitative estimate of drug-likeness (QED) is 0.773. The molecule has 0 spiro atoms. The van der Waals surface area contributed by atoms with Crippen molar-refractivity contribution in [3.63, 3.8) is 0 Å². The van der Waals surface area contributed by atoms with Crippen molar-refractivity contribution in [3.05, 3.63) is 35.9 Å². The Morgan fingerprint density at radius 1 is 1.28 bits per heavy atom. The Bertz CT molecular complexity index is 427. The monoisotopic (exact) mass is 250 g/mol. The Kier molecular flexibility index (Phi) is 3.41. The fourth-order valence-corrected chi connectivity index (χ4v) is 1.93. The van der Waals surface area contributed by atoms with Gasteiger partial charge in [0, 0.05) is 0 Å². The second-order valence-electron chi connectivity index (χ2n) is 5.18. The molecule has 18 heavy (non-hydrogen) atoms. The van der Waals surface area contributed by atoms with Gasteiger partial charge in [-0.3, -0.25) is 0 Å². The maximum Gasteiger partial charge on any atom is 0.338 e. The molecular formula is C14H18O4. The highest BCUT2D eigenvalue weighted by Crippen LogP contribution is 2.30. The molecule has 1 heterocycles. The Morgan fingerprint density at radius 2 is 1.94 bits per heavy atom. The number of ether oxygens (including phenoxy) is 3. The smallest absolute Gasteiger partial charge is 0.338 e. The highest BCUT2D eigenvalue weighted by molar-refractivity contribution is 5.89. The van der Waals surface area contributed by atoms with Crippen molar-refractivity contribution in [1.82, 2.24) is 0 Å². The molecule has 0 aromatic heterocycles. The van der Waals surface area contributed by atoms with Gasteiger partial charge in [-0.2, -0.15) is 0 Å². The molecule has 1 aromatic carbocycles. The normalized spacial score (nSPS) is 25.9. The number of hydrogen-bond donors (Lipinski definition) is 0. The van der Waals surface area contributed by atoms with Crippen LogP contribution in [0.1, 0.15) is 31.1 Å². The molecule has 0 radical (unpaired) electrons. The van der Waals surface area contributed by atoms with E-state index in [-0.39, 0.29) is 12.6 Å². The third kappa shape index (κ3) is 3.09. The fourth-order valence-electron chi connectivity index (χ4n) is 1.93. The number of hydrogen-bond acceptors (Lipinski definition) is 4. The summed E-state index contributed by atoms with van der Waals surface area (Å²) in [5.74, 6) is -0.960. The van der Waals surface area contributed by atoms with Crippen molar-refractivity contribution in [2.24, 2.45) is 0 Å². The molecule has 1 aliphatic heterocycles. The summed E-state index contributed by atoms with van der Waals surface area (Å²) in [5, 5.41) is 0. The molecule has 1 atom stereocenters. The van der Waals surface area contributed by atoms with Gasteiger partial charge < -0.3 is 14.2 Å². The van der Waals surface area contributed by atoms with Crippen LogP contribution in [0.3, 0.4) is 0 Å². The first-order valence-electron chi connectivity index (χ1n) is 5.97. The molecule has 1 saturated heterocycles. The lowest BCUT2D eigenvalue weighted by molar-refractivity contribution is -0.165. The Morgan fingerprint density at radius 3 is 2.50 bits per heavy atom. The highest BCUT2D eigenvalue weighted by atomic mass is 16.8. The molecule has 0 bridgehead atoms. The minimum Gasteiger partial charge on any atom is -0.459 e. The second-order valence-corrected chi connectivity index (χ2v) is 5.18. The largest absolute Gasteiger partial charge is 0.459 e. The van der Waals surface area contributed by atoms with Gasteiger partial charge in [0.1, 0.15) is 12.2 Å². The lowest BCUT2D eigenvalue weighted by Gasteiger charge is -2.24. The van der Waals surface area contributed by atoms with E-state index in [1.807, 2.05) is 26.8 Å². The molecule has 0 aliphatic carbocycles. The van der Waals surface area contributed by atoms with Crippen LogP contribution in [-0.2, 0) is 14.2 Å². The molecule has 98 valence electrons. The summed E-state index contributed by atoms with van der Waals surface area (Å²) in [4.78, 5) is 11.8. The van der Waals surface area contributed by atoms with Crippen molar-refractivity contribution in [3.8, 4) is 0 Å². The van der Waals surface area contributed by atoms with E-state index >= 15 is 0 Å². The second kappa shape index (κ2) is 4.71. The van der Waals surface area contributed by atoms with Crippen molar-refractivity contribution in [1.29, 1.82) is 0 Å². The van der Waals surface area contributed by atoms with Gasteiger partial charge in [0.2, 0.25) is 0 Å². The molecule has 1 aromatic rings. The van der Waals surface area contributed by atoms with Crippen LogP contribution in [-0.4, -0.2) is 30.6 Å². The van der Waals surface area contributed by atoms with Crippen molar-refractivity contribution >= 4 is 5.97 Å². The van der Waals surface area contributed by atoms with Gasteiger partial charge in [0.15, 0.2) is 5.79 Å². The van der Waals surface area contributed by atoms with Crippen molar-refractivity contribution in [2.75, 3.05) is 13.2 Å². The van der Waals surface area contributed by atoms with Crippen LogP contribution in [0, 0.1) is 0 Å². The van der Waals surface area contributed by atoms with Gasteiger partial charge in [-0.05, 0) is 32.9 Å². The third-order valence-electron chi connectivity index (χ3n) is 2.74. The zero-order chi connectivity index (χ0) is 13.2. The van der Waals surface area contributed by atoms with Gasteiger partial charge in [-0.1, -0.05) is 18.2 Å². The number of benzene rings is 1. The Balaban J connectivity index is 1.91. The molecule has 4 heteroatoms. The van der Waals surface area contributed by atoms with Gasteiger partial charge in [-0.15, -0.1) is 0 Å². The predicted molar refractivity (Wildman–Crippen MR) is 66.2 cm³/mol. The van der Waals surface area contributed by atoms with E-state index in [1.165, 1.54) is 0 Å². The molecular weight excluding hydrogens is 232 g/mol. The summed E-state index contributed by atoms with van der Waals surface area (Å²) in [6.07, 6.45) is 0. The number of carbonyl (C=O) groups is 1. The first-order valence-corrected chi connectivity index (χ1v) is 5.97. The minimum atomic E-state index is -0.617. The van der Waals surface area contributed by atoms with E-state index in [4.69, 9.17) is 14.2 Å². The molecule has 1 fully saturated rings. The molecule has 4 nitrogen and oxygen atoms in total. The summed E-state index contributed by atoms with van der Waals surface area (Å²) >= 11 is 0. The van der Waals surface area contributed by atoms with E-state index < -0.39 is 11.4 Å². The summed E-state index contributed by atoms with van der Waals surface area (Å²) in [6, 6.07) is 8.91. The molecule has 0 saturated carbocycles. The van der Waals surface area contributed by atoms with E-state index in [0.29, 0.717) is 12.2 Å². The molecule has 0 N–H and O–H groups in total. The van der Waals surface area contributed by atoms with Crippen LogP contribution in [0.25, 0.3) is 0 Å².